The second-order valence-corrected chi connectivity index (χ2v) is 5.16. The minimum atomic E-state index is -0.0423. The Bertz CT molecular complexity index is 370. The molecule has 1 aliphatic rings. The molecule has 0 spiro atoms. The summed E-state index contributed by atoms with van der Waals surface area (Å²) < 4.78 is 6.56. The van der Waals surface area contributed by atoms with Crippen molar-refractivity contribution in [3.63, 3.8) is 0 Å². The van der Waals surface area contributed by atoms with E-state index in [1.807, 2.05) is 6.07 Å². The summed E-state index contributed by atoms with van der Waals surface area (Å²) >= 11 is 3.36. The van der Waals surface area contributed by atoms with Crippen molar-refractivity contribution in [1.82, 2.24) is 4.98 Å². The van der Waals surface area contributed by atoms with Crippen molar-refractivity contribution in [2.24, 2.45) is 5.92 Å². The van der Waals surface area contributed by atoms with Crippen molar-refractivity contribution < 1.29 is 9.84 Å². The van der Waals surface area contributed by atoms with Crippen LogP contribution < -0.4 is 4.74 Å². The molecule has 1 saturated carbocycles. The molecule has 0 saturated heterocycles. The summed E-state index contributed by atoms with van der Waals surface area (Å²) in [4.78, 5) is 4.19. The predicted octanol–water partition coefficient (Wildman–Crippen LogP) is 2.90. The van der Waals surface area contributed by atoms with E-state index in [1.165, 1.54) is 6.42 Å². The molecule has 3 nitrogen and oxygen atoms in total. The first-order valence-electron chi connectivity index (χ1n) is 5.62. The molecular formula is C12H16BrNO2. The van der Waals surface area contributed by atoms with Gasteiger partial charge in [-0.2, -0.15) is 0 Å². The van der Waals surface area contributed by atoms with Crippen LogP contribution in [0.3, 0.4) is 0 Å². The van der Waals surface area contributed by atoms with Crippen LogP contribution in [-0.2, 0) is 6.61 Å². The lowest BCUT2D eigenvalue weighted by Crippen LogP contribution is -2.12. The van der Waals surface area contributed by atoms with Gasteiger partial charge in [-0.15, -0.1) is 0 Å². The van der Waals surface area contributed by atoms with Crippen LogP contribution in [0.15, 0.2) is 16.7 Å². The molecule has 2 atom stereocenters. The van der Waals surface area contributed by atoms with Gasteiger partial charge in [0.25, 0.3) is 0 Å². The Morgan fingerprint density at radius 2 is 2.31 bits per heavy atom. The highest BCUT2D eigenvalue weighted by molar-refractivity contribution is 9.10. The number of hydrogen-bond donors (Lipinski definition) is 1. The van der Waals surface area contributed by atoms with Crippen LogP contribution >= 0.6 is 15.9 Å². The fourth-order valence-electron chi connectivity index (χ4n) is 2.08. The Kier molecular flexibility index (Phi) is 3.82. The number of nitrogens with zero attached hydrogens (tertiary/aromatic N) is 1. The zero-order chi connectivity index (χ0) is 11.5. The maximum Gasteiger partial charge on any atom is 0.152 e. The van der Waals surface area contributed by atoms with Crippen molar-refractivity contribution in [2.45, 2.75) is 38.9 Å². The van der Waals surface area contributed by atoms with E-state index in [-0.39, 0.29) is 6.61 Å². The van der Waals surface area contributed by atoms with Crippen LogP contribution in [0.4, 0.5) is 0 Å². The quantitative estimate of drug-likeness (QED) is 0.869. The first-order valence-corrected chi connectivity index (χ1v) is 6.41. The van der Waals surface area contributed by atoms with Gasteiger partial charge in [-0.1, -0.05) is 6.92 Å². The van der Waals surface area contributed by atoms with E-state index in [0.717, 1.165) is 24.5 Å². The molecule has 0 radical (unpaired) electrons. The van der Waals surface area contributed by atoms with Gasteiger partial charge in [0, 0.05) is 0 Å². The molecule has 1 heterocycles. The van der Waals surface area contributed by atoms with Gasteiger partial charge < -0.3 is 9.84 Å². The Morgan fingerprint density at radius 3 is 2.88 bits per heavy atom. The van der Waals surface area contributed by atoms with Crippen LogP contribution in [0.1, 0.15) is 31.9 Å². The average molecular weight is 286 g/mol. The maximum absolute atomic E-state index is 8.95. The van der Waals surface area contributed by atoms with Gasteiger partial charge in [0.05, 0.1) is 18.4 Å². The van der Waals surface area contributed by atoms with Gasteiger partial charge in [-0.25, -0.2) is 4.98 Å². The molecule has 0 aliphatic heterocycles. The van der Waals surface area contributed by atoms with Crippen LogP contribution in [0.5, 0.6) is 5.75 Å². The van der Waals surface area contributed by atoms with E-state index in [1.54, 1.807) is 6.07 Å². The minimum absolute atomic E-state index is 0.0423. The maximum atomic E-state index is 8.95. The van der Waals surface area contributed by atoms with E-state index < -0.39 is 0 Å². The molecule has 1 aromatic rings. The fourth-order valence-corrected chi connectivity index (χ4v) is 2.53. The van der Waals surface area contributed by atoms with Crippen molar-refractivity contribution in [2.75, 3.05) is 0 Å². The third kappa shape index (κ3) is 2.74. The van der Waals surface area contributed by atoms with Gasteiger partial charge in [0.2, 0.25) is 0 Å². The molecule has 1 fully saturated rings. The van der Waals surface area contributed by atoms with Crippen molar-refractivity contribution in [3.8, 4) is 5.75 Å². The molecular weight excluding hydrogens is 270 g/mol. The minimum Gasteiger partial charge on any atom is -0.488 e. The van der Waals surface area contributed by atoms with E-state index in [4.69, 9.17) is 9.84 Å². The van der Waals surface area contributed by atoms with E-state index in [0.29, 0.717) is 16.4 Å². The molecule has 0 bridgehead atoms. The van der Waals surface area contributed by atoms with Crippen molar-refractivity contribution in [1.29, 1.82) is 0 Å². The Hall–Kier alpha value is -0.610. The van der Waals surface area contributed by atoms with Gasteiger partial charge >= 0.3 is 0 Å². The number of pyridine rings is 1. The standard InChI is InChI=1S/C12H16BrNO2/c1-8-2-4-10(6-8)16-11-5-3-9(7-15)14-12(11)13/h3,5,8,10,15H,2,4,6-7H2,1H3/t8-,10+/m0/s1. The predicted molar refractivity (Wildman–Crippen MR) is 65.3 cm³/mol. The lowest BCUT2D eigenvalue weighted by Gasteiger charge is -2.14. The average Bonchev–Trinajstić information content (AvgIpc) is 2.67. The van der Waals surface area contributed by atoms with Crippen LogP contribution in [0.2, 0.25) is 0 Å². The van der Waals surface area contributed by atoms with Crippen LogP contribution in [0, 0.1) is 5.92 Å². The lowest BCUT2D eigenvalue weighted by atomic mass is 10.1. The molecule has 1 N–H and O–H groups in total. The topological polar surface area (TPSA) is 42.4 Å². The smallest absolute Gasteiger partial charge is 0.152 e. The third-order valence-electron chi connectivity index (χ3n) is 2.97. The van der Waals surface area contributed by atoms with Gasteiger partial charge in [0.1, 0.15) is 4.60 Å². The largest absolute Gasteiger partial charge is 0.488 e. The molecule has 0 aromatic carbocycles. The number of aliphatic hydroxyl groups excluding tert-OH is 1. The Labute approximate surface area is 104 Å². The summed E-state index contributed by atoms with van der Waals surface area (Å²) in [5, 5.41) is 8.95. The Morgan fingerprint density at radius 1 is 1.50 bits per heavy atom. The second kappa shape index (κ2) is 5.15. The van der Waals surface area contributed by atoms with Gasteiger partial charge in [0.15, 0.2) is 5.75 Å². The van der Waals surface area contributed by atoms with Crippen LogP contribution in [0.25, 0.3) is 0 Å². The molecule has 0 unspecified atom stereocenters. The SMILES string of the molecule is C[C@H]1CC[C@@H](Oc2ccc(CO)nc2Br)C1. The van der Waals surface area contributed by atoms with E-state index in [2.05, 4.69) is 27.8 Å². The molecule has 16 heavy (non-hydrogen) atoms. The number of aliphatic hydroxyl groups is 1. The molecule has 0 amide bonds. The summed E-state index contributed by atoms with van der Waals surface area (Å²) in [6, 6.07) is 3.66. The number of halogens is 1. The summed E-state index contributed by atoms with van der Waals surface area (Å²) in [5.74, 6) is 1.53. The number of aromatic nitrogens is 1. The summed E-state index contributed by atoms with van der Waals surface area (Å²) in [5.41, 5.74) is 0.652. The highest BCUT2D eigenvalue weighted by Gasteiger charge is 2.23. The summed E-state index contributed by atoms with van der Waals surface area (Å²) in [7, 11) is 0. The van der Waals surface area contributed by atoms with E-state index >= 15 is 0 Å². The summed E-state index contributed by atoms with van der Waals surface area (Å²) in [6.07, 6.45) is 3.79. The third-order valence-corrected chi connectivity index (χ3v) is 3.54. The van der Waals surface area contributed by atoms with Crippen molar-refractivity contribution in [3.05, 3.63) is 22.4 Å². The number of rotatable bonds is 3. The van der Waals surface area contributed by atoms with Crippen molar-refractivity contribution >= 4 is 15.9 Å². The number of hydrogen-bond acceptors (Lipinski definition) is 3. The lowest BCUT2D eigenvalue weighted by molar-refractivity contribution is 0.202. The zero-order valence-corrected chi connectivity index (χ0v) is 10.9. The van der Waals surface area contributed by atoms with Gasteiger partial charge in [-0.3, -0.25) is 0 Å². The fraction of sp³-hybridized carbons (Fsp3) is 0.583. The molecule has 4 heteroatoms. The highest BCUT2D eigenvalue weighted by Crippen LogP contribution is 2.31. The zero-order valence-electron chi connectivity index (χ0n) is 9.32. The summed E-state index contributed by atoms with van der Waals surface area (Å²) in [6.45, 7) is 2.21. The molecule has 2 rings (SSSR count). The molecule has 1 aliphatic carbocycles. The molecule has 1 aromatic heterocycles. The second-order valence-electron chi connectivity index (χ2n) is 4.41. The Balaban J connectivity index is 2.04. The first kappa shape index (κ1) is 11.9. The van der Waals surface area contributed by atoms with Crippen LogP contribution in [-0.4, -0.2) is 16.2 Å². The first-order chi connectivity index (χ1) is 7.69. The van der Waals surface area contributed by atoms with E-state index in [9.17, 15) is 0 Å². The highest BCUT2D eigenvalue weighted by atomic mass is 79.9. The monoisotopic (exact) mass is 285 g/mol. The molecule has 88 valence electrons. The van der Waals surface area contributed by atoms with Gasteiger partial charge in [-0.05, 0) is 53.2 Å². The normalized spacial score (nSPS) is 24.7. The number of ether oxygens (including phenoxy) is 1.